The van der Waals surface area contributed by atoms with Crippen molar-refractivity contribution < 1.29 is 57.4 Å². The second-order valence-electron chi connectivity index (χ2n) is 23.3. The molecule has 2 fully saturated rings. The average molecular weight is 1140 g/mol. The van der Waals surface area contributed by atoms with E-state index in [4.69, 9.17) is 20.9 Å². The number of hydrogen-bond acceptors (Lipinski definition) is 14. The van der Waals surface area contributed by atoms with Crippen LogP contribution in [0.15, 0.2) is 78.9 Å². The third-order valence-corrected chi connectivity index (χ3v) is 14.8. The van der Waals surface area contributed by atoms with E-state index in [1.165, 1.54) is 34.1 Å². The normalized spacial score (nSPS) is 21.0. The van der Waals surface area contributed by atoms with E-state index in [9.17, 15) is 47.9 Å². The maximum Gasteiger partial charge on any atom is 0.251 e. The van der Waals surface area contributed by atoms with Crippen LogP contribution < -0.4 is 54.0 Å². The van der Waals surface area contributed by atoms with Crippen LogP contribution in [0.2, 0.25) is 0 Å². The monoisotopic (exact) mass is 1140 g/mol. The standard InChI is InChI=1S/C58H84N12O12/c1-33(61-9)49(73)67-47(57(3,4)5)55(79)69-27-39(25-43(69)53(77)65-41(29-81-31-45(59)71)35-17-13-11-14-18-35)63-51(75)37-21-23-38(24-22-37)52(76)64-40-26-44(54(78)66-42(30-82-32-46(60)72)36-19-15-12-16-20-36)70(28-40)56(80)48(58(6,7)8)68-50(74)34(2)62-10/h11-19,21-24,33-34,36,39-44,47-48,61-62H,20,25-32H2,1-10H3,(H2,59,71)(H2,60,72)(H,63,75)(H,64,76)(H,65,77)(H,66,78)(H,67,73)(H,68,74)/t33-,34-,36?,39-,40-,41+,42+,43-,44-,47+,48+/m0/s1. The van der Waals surface area contributed by atoms with Crippen LogP contribution in [0.3, 0.4) is 0 Å². The molecular formula is C58H84N12O12. The molecule has 2 aromatic rings. The zero-order valence-corrected chi connectivity index (χ0v) is 48.7. The second-order valence-corrected chi connectivity index (χ2v) is 23.3. The lowest BCUT2D eigenvalue weighted by molar-refractivity contribution is -0.144. The predicted octanol–water partition coefficient (Wildman–Crippen LogP) is -0.159. The van der Waals surface area contributed by atoms with Gasteiger partial charge in [-0.05, 0) is 87.9 Å². The van der Waals surface area contributed by atoms with Crippen LogP contribution in [0.4, 0.5) is 0 Å². The highest BCUT2D eigenvalue weighted by Crippen LogP contribution is 2.30. The number of allylic oxidation sites excluding steroid dienone is 3. The van der Waals surface area contributed by atoms with Crippen LogP contribution in [0.25, 0.3) is 0 Å². The van der Waals surface area contributed by atoms with Crippen molar-refractivity contribution in [2.45, 2.75) is 135 Å². The van der Waals surface area contributed by atoms with Gasteiger partial charge >= 0.3 is 0 Å². The van der Waals surface area contributed by atoms with Crippen molar-refractivity contribution in [1.82, 2.24) is 52.3 Å². The Labute approximate surface area is 479 Å². The molecule has 2 aliphatic heterocycles. The molecule has 24 nitrogen and oxygen atoms in total. The first-order chi connectivity index (χ1) is 38.6. The van der Waals surface area contributed by atoms with Gasteiger partial charge in [-0.15, -0.1) is 0 Å². The van der Waals surface area contributed by atoms with Crippen LogP contribution in [0.5, 0.6) is 0 Å². The van der Waals surface area contributed by atoms with Gasteiger partial charge in [0.2, 0.25) is 47.3 Å². The number of rotatable bonds is 26. The molecule has 82 heavy (non-hydrogen) atoms. The first-order valence-corrected chi connectivity index (χ1v) is 27.6. The molecule has 12 N–H and O–H groups in total. The Hall–Kier alpha value is -7.54. The van der Waals surface area contributed by atoms with E-state index < -0.39 is 137 Å². The molecule has 0 bridgehead atoms. The lowest BCUT2D eigenvalue weighted by Gasteiger charge is -2.36. The van der Waals surface area contributed by atoms with Crippen LogP contribution in [-0.2, 0) is 47.8 Å². The fourth-order valence-electron chi connectivity index (χ4n) is 9.79. The molecule has 2 saturated heterocycles. The minimum absolute atomic E-state index is 0.00927. The van der Waals surface area contributed by atoms with Gasteiger partial charge in [0.05, 0.1) is 37.4 Å². The van der Waals surface area contributed by atoms with Gasteiger partial charge in [-0.1, -0.05) is 96.2 Å². The summed E-state index contributed by atoms with van der Waals surface area (Å²) in [6, 6.07) is 5.99. The van der Waals surface area contributed by atoms with E-state index in [0.29, 0.717) is 12.0 Å². The van der Waals surface area contributed by atoms with Crippen LogP contribution in [0.1, 0.15) is 107 Å². The highest BCUT2D eigenvalue weighted by Gasteiger charge is 2.48. The molecule has 10 amide bonds. The predicted molar refractivity (Wildman–Crippen MR) is 305 cm³/mol. The van der Waals surface area contributed by atoms with Crippen molar-refractivity contribution >= 4 is 59.1 Å². The van der Waals surface area contributed by atoms with E-state index in [1.807, 2.05) is 24.3 Å². The van der Waals surface area contributed by atoms with E-state index in [-0.39, 0.29) is 62.8 Å². The Balaban J connectivity index is 1.36. The fourth-order valence-corrected chi connectivity index (χ4v) is 9.79. The number of likely N-dealkylation sites (tertiary alicyclic amines) is 2. The highest BCUT2D eigenvalue weighted by atomic mass is 16.5. The van der Waals surface area contributed by atoms with Crippen LogP contribution in [-0.4, -0.2) is 177 Å². The summed E-state index contributed by atoms with van der Waals surface area (Å²) in [6.45, 7) is 12.8. The first kappa shape index (κ1) is 65.3. The minimum Gasteiger partial charge on any atom is -0.369 e. The number of amides is 10. The Bertz CT molecular complexity index is 2670. The number of benzene rings is 2. The van der Waals surface area contributed by atoms with Gasteiger partial charge in [0.1, 0.15) is 37.4 Å². The van der Waals surface area contributed by atoms with Gasteiger partial charge in [0.15, 0.2) is 0 Å². The molecule has 2 heterocycles. The molecular weight excluding hydrogens is 1060 g/mol. The number of nitrogens with two attached hydrogens (primary N) is 2. The molecule has 1 unspecified atom stereocenters. The third kappa shape index (κ3) is 18.2. The number of nitrogens with zero attached hydrogens (tertiary/aromatic N) is 2. The van der Waals surface area contributed by atoms with Crippen LogP contribution in [0, 0.1) is 16.7 Å². The van der Waals surface area contributed by atoms with Crippen LogP contribution >= 0.6 is 0 Å². The maximum atomic E-state index is 14.7. The molecule has 1 aliphatic carbocycles. The van der Waals surface area contributed by atoms with Gasteiger partial charge in [0.25, 0.3) is 11.8 Å². The zero-order chi connectivity index (χ0) is 60.6. The highest BCUT2D eigenvalue weighted by molar-refractivity contribution is 5.99. The maximum absolute atomic E-state index is 14.7. The number of carbonyl (C=O) groups excluding carboxylic acids is 10. The lowest BCUT2D eigenvalue weighted by atomic mass is 9.85. The molecule has 11 atom stereocenters. The molecule has 5 rings (SSSR count). The SMILES string of the molecule is CN[C@@H](C)C(=O)N[C@H](C(=O)N1C[C@@H](NC(=O)c2ccc(C(=O)N[C@H]3C[C@@H](C(=O)N[C@H](COCC(N)=O)C4C=CC=CC4)N(C(=O)[C@@H](NC(=O)[C@H](C)NC)C(C)(C)C)C3)cc2)C[C@H]1C(=O)N[C@H](COCC(N)=O)c1ccccc1)C(C)(C)C. The largest absolute Gasteiger partial charge is 0.369 e. The van der Waals surface area contributed by atoms with Gasteiger partial charge < -0.3 is 73.3 Å². The van der Waals surface area contributed by atoms with Crippen molar-refractivity contribution in [3.63, 3.8) is 0 Å². The Morgan fingerprint density at radius 3 is 1.44 bits per heavy atom. The van der Waals surface area contributed by atoms with E-state index in [2.05, 4.69) is 42.5 Å². The molecule has 3 aliphatic rings. The fraction of sp³-hybridized carbons (Fsp3) is 0.552. The van der Waals surface area contributed by atoms with Crippen molar-refractivity contribution in [2.75, 3.05) is 53.6 Å². The number of nitrogens with one attached hydrogen (secondary N) is 8. The average Bonchev–Trinajstić information content (AvgIpc) is 4.20. The number of carbonyl (C=O) groups is 10. The first-order valence-electron chi connectivity index (χ1n) is 27.6. The van der Waals surface area contributed by atoms with Gasteiger partial charge in [0, 0.05) is 42.2 Å². The second kappa shape index (κ2) is 29.4. The molecule has 24 heteroatoms. The van der Waals surface area contributed by atoms with Gasteiger partial charge in [-0.25, -0.2) is 0 Å². The van der Waals surface area contributed by atoms with Gasteiger partial charge in [-0.2, -0.15) is 0 Å². The lowest BCUT2D eigenvalue weighted by Crippen LogP contribution is -2.60. The summed E-state index contributed by atoms with van der Waals surface area (Å²) < 4.78 is 11.1. The van der Waals surface area contributed by atoms with Crippen molar-refractivity contribution in [3.05, 3.63) is 95.6 Å². The molecule has 0 aromatic heterocycles. The van der Waals surface area contributed by atoms with E-state index in [1.54, 1.807) is 99.8 Å². The summed E-state index contributed by atoms with van der Waals surface area (Å²) in [5.41, 5.74) is 9.96. The smallest absolute Gasteiger partial charge is 0.251 e. The molecule has 0 radical (unpaired) electrons. The third-order valence-electron chi connectivity index (χ3n) is 14.8. The van der Waals surface area contributed by atoms with Crippen molar-refractivity contribution in [1.29, 1.82) is 0 Å². The topological polar surface area (TPSA) is 344 Å². The Morgan fingerprint density at radius 1 is 0.598 bits per heavy atom. The quantitative estimate of drug-likeness (QED) is 0.0586. The number of ether oxygens (including phenoxy) is 2. The molecule has 0 spiro atoms. The van der Waals surface area contributed by atoms with Crippen molar-refractivity contribution in [3.8, 4) is 0 Å². The summed E-state index contributed by atoms with van der Waals surface area (Å²) in [7, 11) is 3.22. The van der Waals surface area contributed by atoms with E-state index >= 15 is 0 Å². The Kier molecular flexibility index (Phi) is 23.4. The molecule has 0 saturated carbocycles. The van der Waals surface area contributed by atoms with Crippen molar-refractivity contribution in [2.24, 2.45) is 28.2 Å². The Morgan fingerprint density at radius 2 is 1.04 bits per heavy atom. The summed E-state index contributed by atoms with van der Waals surface area (Å²) in [5, 5.41) is 23.3. The number of primary amides is 2. The van der Waals surface area contributed by atoms with Gasteiger partial charge in [-0.3, -0.25) is 47.9 Å². The molecule has 448 valence electrons. The number of hydrogen-bond donors (Lipinski definition) is 10. The summed E-state index contributed by atoms with van der Waals surface area (Å²) in [6.07, 6.45) is 8.06. The summed E-state index contributed by atoms with van der Waals surface area (Å²) >= 11 is 0. The summed E-state index contributed by atoms with van der Waals surface area (Å²) in [5.74, 6) is -5.82. The number of likely N-dealkylation sites (N-methyl/N-ethyl adjacent to an activating group) is 2. The summed E-state index contributed by atoms with van der Waals surface area (Å²) in [4.78, 5) is 139. The zero-order valence-electron chi connectivity index (χ0n) is 48.7. The molecule has 2 aromatic carbocycles. The minimum atomic E-state index is -1.14. The van der Waals surface area contributed by atoms with E-state index in [0.717, 1.165) is 0 Å².